The van der Waals surface area contributed by atoms with Crippen LogP contribution in [-0.4, -0.2) is 48.7 Å². The molecule has 1 aliphatic heterocycles. The first-order valence-corrected chi connectivity index (χ1v) is 8.85. The van der Waals surface area contributed by atoms with E-state index in [-0.39, 0.29) is 26.8 Å². The molecule has 140 valence electrons. The number of hydrogen-bond acceptors (Lipinski definition) is 7. The Bertz CT molecular complexity index is 1040. The van der Waals surface area contributed by atoms with Gasteiger partial charge in [-0.05, 0) is 18.2 Å². The fourth-order valence-corrected chi connectivity index (χ4v) is 3.25. The van der Waals surface area contributed by atoms with E-state index in [1.165, 1.54) is 12.1 Å². The summed E-state index contributed by atoms with van der Waals surface area (Å²) in [6.45, 7) is -0.854. The number of aromatic nitrogens is 1. The second-order valence-corrected chi connectivity index (χ2v) is 7.12. The molecule has 0 fully saturated rings. The molecule has 2 aromatic rings. The second-order valence-electron chi connectivity index (χ2n) is 5.35. The summed E-state index contributed by atoms with van der Waals surface area (Å²) < 4.78 is 26.1. The second kappa shape index (κ2) is 6.66. The molecule has 3 amide bonds. The monoisotopic (exact) mass is 392 g/mol. The number of hydroxylamine groups is 2. The molecule has 0 aliphatic carbocycles. The van der Waals surface area contributed by atoms with E-state index in [1.807, 2.05) is 4.72 Å². The van der Waals surface area contributed by atoms with E-state index in [9.17, 15) is 27.6 Å². The van der Waals surface area contributed by atoms with E-state index in [4.69, 9.17) is 5.73 Å². The number of aromatic amines is 1. The molecule has 11 nitrogen and oxygen atoms in total. The number of rotatable bonds is 6. The van der Waals surface area contributed by atoms with Gasteiger partial charge < -0.3 is 15.6 Å². The van der Waals surface area contributed by atoms with Gasteiger partial charge in [0.2, 0.25) is 10.0 Å². The molecule has 1 aliphatic rings. The molecule has 0 saturated carbocycles. The van der Waals surface area contributed by atoms with Crippen molar-refractivity contribution in [2.75, 3.05) is 6.54 Å². The number of nitrogens with two attached hydrogens (primary N) is 1. The Morgan fingerprint density at radius 1 is 1.15 bits per heavy atom. The van der Waals surface area contributed by atoms with Crippen molar-refractivity contribution in [3.63, 3.8) is 0 Å². The van der Waals surface area contributed by atoms with Crippen LogP contribution in [0.1, 0.15) is 31.2 Å². The van der Waals surface area contributed by atoms with Crippen LogP contribution < -0.4 is 10.5 Å². The minimum absolute atomic E-state index is 0.0715. The van der Waals surface area contributed by atoms with Crippen LogP contribution >= 0.6 is 0 Å². The Morgan fingerprint density at radius 2 is 1.74 bits per heavy atom. The van der Waals surface area contributed by atoms with Gasteiger partial charge in [-0.1, -0.05) is 17.2 Å². The first-order chi connectivity index (χ1) is 12.7. The molecule has 0 radical (unpaired) electrons. The number of hydrogen-bond donors (Lipinski definition) is 3. The van der Waals surface area contributed by atoms with Crippen molar-refractivity contribution in [1.82, 2.24) is 14.8 Å². The van der Waals surface area contributed by atoms with Crippen molar-refractivity contribution < 1.29 is 32.4 Å². The lowest BCUT2D eigenvalue weighted by molar-refractivity contribution is -0.166. The van der Waals surface area contributed by atoms with Gasteiger partial charge in [0.1, 0.15) is 17.1 Å². The number of fused-ring (bicyclic) bond motifs is 1. The van der Waals surface area contributed by atoms with Crippen molar-refractivity contribution in [3.05, 3.63) is 53.3 Å². The number of carbonyl (C=O) groups excluding carboxylic acids is 4. The maximum Gasteiger partial charge on any atom is 0.347 e. The van der Waals surface area contributed by atoms with Gasteiger partial charge in [-0.2, -0.15) is 4.72 Å². The number of carbonyl (C=O) groups is 4. The first kappa shape index (κ1) is 18.3. The third-order valence-corrected chi connectivity index (χ3v) is 4.97. The van der Waals surface area contributed by atoms with Gasteiger partial charge in [-0.15, -0.1) is 0 Å². The van der Waals surface area contributed by atoms with Gasteiger partial charge in [0, 0.05) is 6.20 Å². The summed E-state index contributed by atoms with van der Waals surface area (Å²) in [5, 5.41) is 0.267. The maximum absolute atomic E-state index is 12.1. The van der Waals surface area contributed by atoms with Crippen LogP contribution in [0.3, 0.4) is 0 Å². The molecule has 3 rings (SSSR count). The average molecular weight is 392 g/mol. The Morgan fingerprint density at radius 3 is 2.26 bits per heavy atom. The lowest BCUT2D eigenvalue weighted by Crippen LogP contribution is -2.37. The van der Waals surface area contributed by atoms with Crippen molar-refractivity contribution in [3.8, 4) is 0 Å². The molecule has 1 aromatic carbocycles. The Hall–Kier alpha value is -3.51. The van der Waals surface area contributed by atoms with E-state index < -0.39 is 40.3 Å². The summed E-state index contributed by atoms with van der Waals surface area (Å²) in [5.74, 6) is -3.70. The average Bonchev–Trinajstić information content (AvgIpc) is 3.22. The summed E-state index contributed by atoms with van der Waals surface area (Å²) in [5.41, 5.74) is 5.02. The van der Waals surface area contributed by atoms with Crippen LogP contribution in [0.15, 0.2) is 41.4 Å². The van der Waals surface area contributed by atoms with Crippen LogP contribution in [0.5, 0.6) is 0 Å². The quantitative estimate of drug-likeness (QED) is 0.538. The normalized spacial score (nSPS) is 13.6. The minimum atomic E-state index is -4.16. The summed E-state index contributed by atoms with van der Waals surface area (Å²) in [4.78, 5) is 53.7. The number of imide groups is 1. The summed E-state index contributed by atoms with van der Waals surface area (Å²) >= 11 is 0. The molecule has 2 heterocycles. The highest BCUT2D eigenvalue weighted by Gasteiger charge is 2.38. The number of nitrogens with one attached hydrogen (secondary N) is 2. The lowest BCUT2D eigenvalue weighted by atomic mass is 10.1. The van der Waals surface area contributed by atoms with E-state index in [2.05, 4.69) is 9.82 Å². The fraction of sp³-hybridized carbons (Fsp3) is 0.0667. The van der Waals surface area contributed by atoms with Gasteiger partial charge >= 0.3 is 5.97 Å². The van der Waals surface area contributed by atoms with E-state index in [1.54, 1.807) is 12.1 Å². The summed E-state index contributed by atoms with van der Waals surface area (Å²) in [6.07, 6.45) is 1.01. The fourth-order valence-electron chi connectivity index (χ4n) is 2.29. The zero-order valence-electron chi connectivity index (χ0n) is 13.5. The molecule has 4 N–H and O–H groups in total. The molecule has 27 heavy (non-hydrogen) atoms. The van der Waals surface area contributed by atoms with E-state index in [0.717, 1.165) is 12.3 Å². The predicted octanol–water partition coefficient (Wildman–Crippen LogP) is -0.854. The third kappa shape index (κ3) is 3.43. The van der Waals surface area contributed by atoms with E-state index in [0.29, 0.717) is 0 Å². The van der Waals surface area contributed by atoms with Crippen molar-refractivity contribution in [2.24, 2.45) is 5.73 Å². The smallest absolute Gasteiger partial charge is 0.347 e. The maximum atomic E-state index is 12.1. The van der Waals surface area contributed by atoms with Gasteiger partial charge in [-0.3, -0.25) is 14.4 Å². The molecular formula is C15H12N4O7S. The molecule has 0 unspecified atom stereocenters. The zero-order chi connectivity index (χ0) is 19.8. The van der Waals surface area contributed by atoms with Crippen LogP contribution in [0.2, 0.25) is 0 Å². The highest BCUT2D eigenvalue weighted by molar-refractivity contribution is 7.89. The minimum Gasteiger partial charge on any atom is -0.364 e. The Balaban J connectivity index is 1.64. The zero-order valence-corrected chi connectivity index (χ0v) is 14.3. The largest absolute Gasteiger partial charge is 0.364 e. The van der Waals surface area contributed by atoms with Crippen LogP contribution in [0, 0.1) is 0 Å². The van der Waals surface area contributed by atoms with Crippen molar-refractivity contribution >= 4 is 33.7 Å². The van der Waals surface area contributed by atoms with Crippen molar-refractivity contribution in [2.45, 2.75) is 4.90 Å². The predicted molar refractivity (Wildman–Crippen MR) is 87.5 cm³/mol. The third-order valence-electron chi connectivity index (χ3n) is 3.59. The van der Waals surface area contributed by atoms with Gasteiger partial charge in [0.05, 0.1) is 11.1 Å². The number of amides is 3. The van der Waals surface area contributed by atoms with Gasteiger partial charge in [0.15, 0.2) is 0 Å². The number of nitrogens with zero attached hydrogens (tertiary/aromatic N) is 1. The van der Waals surface area contributed by atoms with E-state index >= 15 is 0 Å². The van der Waals surface area contributed by atoms with Crippen LogP contribution in [0.25, 0.3) is 0 Å². The number of H-pyrrole nitrogens is 1. The summed E-state index contributed by atoms with van der Waals surface area (Å²) in [6, 6.07) is 6.87. The molecule has 12 heteroatoms. The molecule has 0 saturated heterocycles. The number of primary amides is 1. The molecule has 0 atom stereocenters. The van der Waals surface area contributed by atoms with Crippen molar-refractivity contribution in [1.29, 1.82) is 0 Å². The standard InChI is InChI=1S/C15H12N4O7S/c16-13(21)11-5-8(6-17-11)27(24,25)18-7-12(20)26-19-14(22)9-3-1-2-4-10(9)15(19)23/h1-6,17-18H,7H2,(H2,16,21). The SMILES string of the molecule is NC(=O)c1cc(S(=O)(=O)NCC(=O)ON2C(=O)c3ccccc3C2=O)c[nH]1. The highest BCUT2D eigenvalue weighted by Crippen LogP contribution is 2.22. The molecular weight excluding hydrogens is 380 g/mol. The summed E-state index contributed by atoms with van der Waals surface area (Å²) in [7, 11) is -4.16. The Kier molecular flexibility index (Phi) is 4.51. The molecule has 0 spiro atoms. The highest BCUT2D eigenvalue weighted by atomic mass is 32.2. The number of sulfonamides is 1. The number of benzene rings is 1. The first-order valence-electron chi connectivity index (χ1n) is 7.37. The van der Waals surface area contributed by atoms with Crippen LogP contribution in [0.4, 0.5) is 0 Å². The molecule has 0 bridgehead atoms. The lowest BCUT2D eigenvalue weighted by Gasteiger charge is -2.12. The Labute approximate surface area is 152 Å². The van der Waals surface area contributed by atoms with Gasteiger partial charge in [0.25, 0.3) is 17.7 Å². The van der Waals surface area contributed by atoms with Crippen LogP contribution in [-0.2, 0) is 19.7 Å². The topological polar surface area (TPSA) is 169 Å². The molecule has 1 aromatic heterocycles. The van der Waals surface area contributed by atoms with Gasteiger partial charge in [-0.25, -0.2) is 13.2 Å².